The molecule has 16 heavy (non-hydrogen) atoms. The highest BCUT2D eigenvalue weighted by molar-refractivity contribution is 7.17. The van der Waals surface area contributed by atoms with Crippen LogP contribution in [0.4, 0.5) is 5.13 Å². The van der Waals surface area contributed by atoms with E-state index in [4.69, 9.17) is 14.9 Å². The second-order valence-electron chi connectivity index (χ2n) is 3.00. The number of hydrogen-bond donors (Lipinski definition) is 3. The summed E-state index contributed by atoms with van der Waals surface area (Å²) in [7, 11) is 0. The van der Waals surface area contributed by atoms with Gasteiger partial charge in [0.1, 0.15) is 4.88 Å². The lowest BCUT2D eigenvalue weighted by atomic mass is 10.4. The third kappa shape index (κ3) is 3.76. The van der Waals surface area contributed by atoms with Gasteiger partial charge in [0.25, 0.3) is 0 Å². The number of anilines is 1. The number of rotatable bonds is 7. The Morgan fingerprint density at radius 2 is 2.31 bits per heavy atom. The van der Waals surface area contributed by atoms with Gasteiger partial charge >= 0.3 is 5.97 Å². The predicted octanol–water partition coefficient (Wildman–Crippen LogP) is 0.571. The van der Waals surface area contributed by atoms with Gasteiger partial charge in [-0.25, -0.2) is 9.78 Å². The second-order valence-corrected chi connectivity index (χ2v) is 4.00. The lowest BCUT2D eigenvalue weighted by Gasteiger charge is -2.02. The van der Waals surface area contributed by atoms with Gasteiger partial charge in [-0.1, -0.05) is 11.3 Å². The summed E-state index contributed by atoms with van der Waals surface area (Å²) in [6.45, 7) is 2.94. The molecule has 0 aliphatic heterocycles. The highest BCUT2D eigenvalue weighted by atomic mass is 32.1. The molecular weight excluding hydrogens is 232 g/mol. The zero-order valence-electron chi connectivity index (χ0n) is 8.89. The van der Waals surface area contributed by atoms with E-state index in [0.29, 0.717) is 30.6 Å². The van der Waals surface area contributed by atoms with Gasteiger partial charge in [-0.05, 0) is 6.92 Å². The lowest BCUT2D eigenvalue weighted by Crippen LogP contribution is -2.11. The van der Waals surface area contributed by atoms with Crippen molar-refractivity contribution in [1.82, 2.24) is 4.98 Å². The Hall–Kier alpha value is -1.18. The van der Waals surface area contributed by atoms with Gasteiger partial charge in [0.2, 0.25) is 0 Å². The molecule has 0 saturated heterocycles. The molecule has 0 atom stereocenters. The van der Waals surface area contributed by atoms with Gasteiger partial charge in [0, 0.05) is 6.54 Å². The first-order valence-electron chi connectivity index (χ1n) is 4.78. The molecule has 0 unspecified atom stereocenters. The number of carbonyl (C=O) groups is 1. The summed E-state index contributed by atoms with van der Waals surface area (Å²) in [5.74, 6) is -0.959. The first-order chi connectivity index (χ1) is 7.65. The van der Waals surface area contributed by atoms with Crippen molar-refractivity contribution in [1.29, 1.82) is 0 Å². The zero-order chi connectivity index (χ0) is 12.0. The smallest absolute Gasteiger partial charge is 0.347 e. The van der Waals surface area contributed by atoms with Crippen LogP contribution in [0.5, 0.6) is 0 Å². The molecule has 0 radical (unpaired) electrons. The summed E-state index contributed by atoms with van der Waals surface area (Å²) in [4.78, 5) is 15.1. The van der Waals surface area contributed by atoms with Crippen LogP contribution in [-0.2, 0) is 4.74 Å². The fraction of sp³-hybridized carbons (Fsp3) is 0.556. The first-order valence-corrected chi connectivity index (χ1v) is 5.60. The number of thiazole rings is 1. The number of ether oxygens (including phenoxy) is 1. The van der Waals surface area contributed by atoms with Crippen LogP contribution in [0.25, 0.3) is 0 Å². The van der Waals surface area contributed by atoms with E-state index in [0.717, 1.165) is 11.3 Å². The quantitative estimate of drug-likeness (QED) is 0.609. The van der Waals surface area contributed by atoms with Crippen molar-refractivity contribution in [2.75, 3.05) is 31.7 Å². The molecule has 1 heterocycles. The average Bonchev–Trinajstić information content (AvgIpc) is 2.59. The fourth-order valence-electron chi connectivity index (χ4n) is 1.07. The van der Waals surface area contributed by atoms with Crippen LogP contribution in [0, 0.1) is 6.92 Å². The predicted molar refractivity (Wildman–Crippen MR) is 60.2 cm³/mol. The van der Waals surface area contributed by atoms with E-state index >= 15 is 0 Å². The van der Waals surface area contributed by atoms with Crippen LogP contribution >= 0.6 is 11.3 Å². The second kappa shape index (κ2) is 6.41. The molecule has 1 aromatic rings. The van der Waals surface area contributed by atoms with Crippen molar-refractivity contribution in [3.8, 4) is 0 Å². The molecule has 0 aliphatic carbocycles. The summed E-state index contributed by atoms with van der Waals surface area (Å²) < 4.78 is 5.04. The number of aliphatic hydroxyl groups excluding tert-OH is 1. The summed E-state index contributed by atoms with van der Waals surface area (Å²) >= 11 is 1.10. The first kappa shape index (κ1) is 12.9. The number of aromatic carboxylic acids is 1. The van der Waals surface area contributed by atoms with E-state index in [-0.39, 0.29) is 11.5 Å². The summed E-state index contributed by atoms with van der Waals surface area (Å²) in [5, 5.41) is 20.8. The van der Waals surface area contributed by atoms with Crippen molar-refractivity contribution in [2.24, 2.45) is 0 Å². The molecule has 0 saturated carbocycles. The zero-order valence-corrected chi connectivity index (χ0v) is 9.71. The van der Waals surface area contributed by atoms with Crippen LogP contribution in [0.3, 0.4) is 0 Å². The van der Waals surface area contributed by atoms with Gasteiger partial charge in [0.05, 0.1) is 25.5 Å². The minimum Gasteiger partial charge on any atom is -0.477 e. The Morgan fingerprint density at radius 1 is 1.56 bits per heavy atom. The molecule has 0 aromatic carbocycles. The molecule has 0 fully saturated rings. The Balaban J connectivity index is 2.37. The molecule has 0 bridgehead atoms. The van der Waals surface area contributed by atoms with E-state index in [9.17, 15) is 4.79 Å². The Bertz CT molecular complexity index is 353. The lowest BCUT2D eigenvalue weighted by molar-refractivity contribution is 0.0701. The Kier molecular flexibility index (Phi) is 5.17. The van der Waals surface area contributed by atoms with Crippen molar-refractivity contribution in [2.45, 2.75) is 6.92 Å². The van der Waals surface area contributed by atoms with Crippen LogP contribution in [0.2, 0.25) is 0 Å². The Morgan fingerprint density at radius 3 is 2.88 bits per heavy atom. The number of nitrogens with zero attached hydrogens (tertiary/aromatic N) is 1. The van der Waals surface area contributed by atoms with Gasteiger partial charge < -0.3 is 20.3 Å². The van der Waals surface area contributed by atoms with Crippen LogP contribution < -0.4 is 5.32 Å². The van der Waals surface area contributed by atoms with E-state index in [1.54, 1.807) is 6.92 Å². The van der Waals surface area contributed by atoms with Crippen molar-refractivity contribution < 1.29 is 19.7 Å². The number of aromatic nitrogens is 1. The van der Waals surface area contributed by atoms with Gasteiger partial charge in [-0.2, -0.15) is 0 Å². The normalized spacial score (nSPS) is 10.4. The number of nitrogens with one attached hydrogen (secondary N) is 1. The van der Waals surface area contributed by atoms with Crippen LogP contribution in [0.15, 0.2) is 0 Å². The van der Waals surface area contributed by atoms with Crippen LogP contribution in [-0.4, -0.2) is 47.5 Å². The molecule has 7 heteroatoms. The van der Waals surface area contributed by atoms with Crippen molar-refractivity contribution in [3.63, 3.8) is 0 Å². The summed E-state index contributed by atoms with van der Waals surface area (Å²) in [6.07, 6.45) is 0. The number of aliphatic hydroxyl groups is 1. The van der Waals surface area contributed by atoms with Gasteiger partial charge in [-0.3, -0.25) is 0 Å². The molecule has 3 N–H and O–H groups in total. The van der Waals surface area contributed by atoms with E-state index < -0.39 is 5.97 Å². The fourth-order valence-corrected chi connectivity index (χ4v) is 1.90. The largest absolute Gasteiger partial charge is 0.477 e. The van der Waals surface area contributed by atoms with E-state index in [1.165, 1.54) is 0 Å². The third-order valence-electron chi connectivity index (χ3n) is 1.75. The van der Waals surface area contributed by atoms with E-state index in [2.05, 4.69) is 10.3 Å². The highest BCUT2D eigenvalue weighted by Crippen LogP contribution is 2.21. The van der Waals surface area contributed by atoms with Gasteiger partial charge in [0.15, 0.2) is 5.13 Å². The summed E-state index contributed by atoms with van der Waals surface area (Å²) in [5.41, 5.74) is 0.510. The van der Waals surface area contributed by atoms with E-state index in [1.807, 2.05) is 0 Å². The molecule has 1 aromatic heterocycles. The number of aryl methyl sites for hydroxylation is 1. The van der Waals surface area contributed by atoms with Gasteiger partial charge in [-0.15, -0.1) is 0 Å². The SMILES string of the molecule is Cc1nc(NCCOCCO)sc1C(=O)O. The molecule has 6 nitrogen and oxygen atoms in total. The molecule has 90 valence electrons. The number of hydrogen-bond acceptors (Lipinski definition) is 6. The number of carboxylic acid groups (broad SMARTS) is 1. The Labute approximate surface area is 96.9 Å². The maximum Gasteiger partial charge on any atom is 0.347 e. The monoisotopic (exact) mass is 246 g/mol. The van der Waals surface area contributed by atoms with Crippen LogP contribution in [0.1, 0.15) is 15.4 Å². The van der Waals surface area contributed by atoms with Crippen molar-refractivity contribution in [3.05, 3.63) is 10.6 Å². The minimum absolute atomic E-state index is 0.000474. The minimum atomic E-state index is -0.959. The topological polar surface area (TPSA) is 91.7 Å². The maximum atomic E-state index is 10.7. The summed E-state index contributed by atoms with van der Waals surface area (Å²) in [6, 6.07) is 0. The standard InChI is InChI=1S/C9H14N2O4S/c1-6-7(8(13)14)16-9(11-6)10-2-4-15-5-3-12/h12H,2-5H2,1H3,(H,10,11)(H,13,14). The molecular formula is C9H14N2O4S. The van der Waals surface area contributed by atoms with Crippen molar-refractivity contribution >= 4 is 22.4 Å². The molecule has 0 spiro atoms. The number of carboxylic acids is 1. The third-order valence-corrected chi connectivity index (χ3v) is 2.85. The average molecular weight is 246 g/mol. The molecule has 0 amide bonds. The molecule has 0 aliphatic rings. The maximum absolute atomic E-state index is 10.7. The highest BCUT2D eigenvalue weighted by Gasteiger charge is 2.13. The molecule has 1 rings (SSSR count).